The number of fused-ring (bicyclic) bond motifs is 11. The largest absolute Gasteiger partial charge is 0.456 e. The van der Waals surface area contributed by atoms with Crippen molar-refractivity contribution in [3.8, 4) is 28.3 Å². The molecule has 3 heterocycles. The predicted octanol–water partition coefficient (Wildman–Crippen LogP) is 9.21. The summed E-state index contributed by atoms with van der Waals surface area (Å²) in [4.78, 5) is 0. The third kappa shape index (κ3) is 2.93. The van der Waals surface area contributed by atoms with Crippen LogP contribution < -0.4 is 9.92 Å². The van der Waals surface area contributed by atoms with Crippen LogP contribution in [0.3, 0.4) is 0 Å². The van der Waals surface area contributed by atoms with E-state index in [2.05, 4.69) is 151 Å². The topological polar surface area (TPSA) is 14.2 Å². The Morgan fingerprint density at radius 1 is 0.571 bits per heavy atom. The summed E-state index contributed by atoms with van der Waals surface area (Å²) in [6.45, 7) is 4.68. The summed E-state index contributed by atoms with van der Waals surface area (Å²) in [5.74, 6) is 1.86. The van der Waals surface area contributed by atoms with Gasteiger partial charge in [0.1, 0.15) is 11.5 Å². The number of nitrogens with zero attached hydrogens (tertiary/aromatic N) is 1. The number of hydrogen-bond acceptors (Lipinski definition) is 1. The maximum Gasteiger partial charge on any atom is 0.140 e. The standard InChI is InChI=1S/C39H28NOSi/c1-42(2)26-23-21-25(22-24-26)27-12-9-17-33-38(27)41-36-20-8-5-15-31(36)39(33)30-14-4-7-19-35(30)40-34-18-6-3-11-28(34)29-13-10-16-32(39)37(29)40/h3-24H,1-2H3. The molecule has 1 spiro atoms. The Labute approximate surface area is 247 Å². The Bertz CT molecular complexity index is 2210. The molecule has 0 N–H and O–H groups in total. The number of para-hydroxylation sites is 5. The van der Waals surface area contributed by atoms with Crippen LogP contribution in [0.2, 0.25) is 13.1 Å². The molecule has 199 valence electrons. The molecule has 7 aromatic rings. The second-order valence-corrected chi connectivity index (χ2v) is 14.3. The van der Waals surface area contributed by atoms with E-state index in [0.717, 1.165) is 17.1 Å². The van der Waals surface area contributed by atoms with Crippen LogP contribution in [0.1, 0.15) is 22.3 Å². The Kier molecular flexibility index (Phi) is 4.86. The number of benzene rings is 6. The second-order valence-electron chi connectivity index (χ2n) is 11.7. The van der Waals surface area contributed by atoms with Gasteiger partial charge in [0.15, 0.2) is 0 Å². The summed E-state index contributed by atoms with van der Waals surface area (Å²) in [6.07, 6.45) is 0. The van der Waals surface area contributed by atoms with E-state index in [-0.39, 0.29) is 0 Å². The van der Waals surface area contributed by atoms with Crippen molar-refractivity contribution in [3.05, 3.63) is 156 Å². The molecule has 0 saturated carbocycles. The zero-order valence-corrected chi connectivity index (χ0v) is 24.6. The summed E-state index contributed by atoms with van der Waals surface area (Å²) in [7, 11) is -0.517. The van der Waals surface area contributed by atoms with Gasteiger partial charge in [-0.15, -0.1) is 0 Å². The molecule has 3 heteroatoms. The Hall–Kier alpha value is -4.86. The molecule has 2 aliphatic rings. The fourth-order valence-corrected chi connectivity index (χ4v) is 8.39. The van der Waals surface area contributed by atoms with E-state index in [0.29, 0.717) is 0 Å². The molecule has 0 saturated heterocycles. The lowest BCUT2D eigenvalue weighted by Gasteiger charge is -2.45. The van der Waals surface area contributed by atoms with Crippen LogP contribution in [0, 0.1) is 0 Å². The number of hydrogen-bond donors (Lipinski definition) is 0. The van der Waals surface area contributed by atoms with Crippen LogP contribution in [0.5, 0.6) is 11.5 Å². The normalized spacial score (nSPS) is 16.4. The average Bonchev–Trinajstić information content (AvgIpc) is 3.38. The first-order valence-corrected chi connectivity index (χ1v) is 17.1. The average molecular weight is 555 g/mol. The molecule has 2 aliphatic heterocycles. The molecule has 2 nitrogen and oxygen atoms in total. The maximum atomic E-state index is 6.93. The predicted molar refractivity (Wildman–Crippen MR) is 175 cm³/mol. The highest BCUT2D eigenvalue weighted by Crippen LogP contribution is 2.61. The van der Waals surface area contributed by atoms with Gasteiger partial charge in [-0.05, 0) is 34.9 Å². The molecule has 0 amide bonds. The summed E-state index contributed by atoms with van der Waals surface area (Å²) < 4.78 is 9.41. The van der Waals surface area contributed by atoms with Crippen molar-refractivity contribution >= 4 is 35.8 Å². The van der Waals surface area contributed by atoms with E-state index in [9.17, 15) is 0 Å². The third-order valence-electron chi connectivity index (χ3n) is 9.34. The van der Waals surface area contributed by atoms with Crippen molar-refractivity contribution in [1.82, 2.24) is 4.57 Å². The minimum absolute atomic E-state index is 0.517. The molecule has 0 bridgehead atoms. The molecular weight excluding hydrogens is 527 g/mol. The Balaban J connectivity index is 1.46. The zero-order chi connectivity index (χ0) is 28.0. The quantitative estimate of drug-likeness (QED) is 0.194. The Morgan fingerprint density at radius 3 is 2.10 bits per heavy atom. The highest BCUT2D eigenvalue weighted by Gasteiger charge is 2.50. The smallest absolute Gasteiger partial charge is 0.140 e. The molecule has 1 radical (unpaired) electrons. The van der Waals surface area contributed by atoms with E-state index in [1.807, 2.05) is 0 Å². The summed E-state index contributed by atoms with van der Waals surface area (Å²) in [5.41, 5.74) is 10.5. The lowest BCUT2D eigenvalue weighted by molar-refractivity contribution is 0.435. The van der Waals surface area contributed by atoms with E-state index in [4.69, 9.17) is 4.74 Å². The van der Waals surface area contributed by atoms with Gasteiger partial charge < -0.3 is 9.30 Å². The minimum atomic E-state index is -0.538. The SMILES string of the molecule is C[Si](C)c1ccc(-c2cccc3c2Oc2ccccc2C32c3ccccc3-n3c4ccccc4c4cccc2c43)cc1. The van der Waals surface area contributed by atoms with E-state index >= 15 is 0 Å². The Morgan fingerprint density at radius 2 is 1.24 bits per heavy atom. The number of ether oxygens (including phenoxy) is 1. The lowest BCUT2D eigenvalue weighted by Crippen LogP contribution is -2.37. The van der Waals surface area contributed by atoms with Gasteiger partial charge in [0.2, 0.25) is 0 Å². The molecule has 0 aliphatic carbocycles. The van der Waals surface area contributed by atoms with E-state index in [1.54, 1.807) is 0 Å². The first kappa shape index (κ1) is 23.8. The van der Waals surface area contributed by atoms with Gasteiger partial charge in [-0.1, -0.05) is 134 Å². The first-order chi connectivity index (χ1) is 20.7. The molecule has 42 heavy (non-hydrogen) atoms. The fraction of sp³-hybridized carbons (Fsp3) is 0.0769. The third-order valence-corrected chi connectivity index (χ3v) is 10.8. The maximum absolute atomic E-state index is 6.93. The molecule has 1 aromatic heterocycles. The van der Waals surface area contributed by atoms with Crippen molar-refractivity contribution in [2.24, 2.45) is 0 Å². The molecule has 6 aromatic carbocycles. The van der Waals surface area contributed by atoms with Crippen LogP contribution in [-0.4, -0.2) is 13.4 Å². The second kappa shape index (κ2) is 8.57. The molecule has 1 atom stereocenters. The van der Waals surface area contributed by atoms with Crippen molar-refractivity contribution in [2.75, 3.05) is 0 Å². The summed E-state index contributed by atoms with van der Waals surface area (Å²) >= 11 is 0. The van der Waals surface area contributed by atoms with Crippen LogP contribution in [-0.2, 0) is 5.41 Å². The van der Waals surface area contributed by atoms with Crippen LogP contribution in [0.15, 0.2) is 133 Å². The summed E-state index contributed by atoms with van der Waals surface area (Å²) in [5, 5.41) is 4.01. The lowest BCUT2D eigenvalue weighted by atomic mass is 9.61. The number of aromatic nitrogens is 1. The molecule has 9 rings (SSSR count). The summed E-state index contributed by atoms with van der Waals surface area (Å²) in [6, 6.07) is 49.1. The molecule has 0 fully saturated rings. The van der Waals surface area contributed by atoms with Crippen molar-refractivity contribution in [3.63, 3.8) is 0 Å². The van der Waals surface area contributed by atoms with Crippen molar-refractivity contribution in [1.29, 1.82) is 0 Å². The zero-order valence-electron chi connectivity index (χ0n) is 23.6. The highest BCUT2D eigenvalue weighted by molar-refractivity contribution is 6.70. The van der Waals surface area contributed by atoms with Gasteiger partial charge in [0.25, 0.3) is 0 Å². The van der Waals surface area contributed by atoms with Gasteiger partial charge >= 0.3 is 0 Å². The van der Waals surface area contributed by atoms with Gasteiger partial charge in [0.05, 0.1) is 30.9 Å². The highest BCUT2D eigenvalue weighted by atomic mass is 28.3. The van der Waals surface area contributed by atoms with Gasteiger partial charge in [-0.25, -0.2) is 0 Å². The minimum Gasteiger partial charge on any atom is -0.456 e. The van der Waals surface area contributed by atoms with Crippen LogP contribution >= 0.6 is 0 Å². The van der Waals surface area contributed by atoms with Crippen molar-refractivity contribution < 1.29 is 4.74 Å². The van der Waals surface area contributed by atoms with Crippen LogP contribution in [0.4, 0.5) is 0 Å². The van der Waals surface area contributed by atoms with Gasteiger partial charge in [-0.3, -0.25) is 0 Å². The van der Waals surface area contributed by atoms with E-state index < -0.39 is 14.2 Å². The first-order valence-electron chi connectivity index (χ1n) is 14.6. The molecular formula is C39H28NOSi. The number of rotatable bonds is 2. The van der Waals surface area contributed by atoms with Gasteiger partial charge in [0, 0.05) is 27.5 Å². The monoisotopic (exact) mass is 554 g/mol. The van der Waals surface area contributed by atoms with Crippen molar-refractivity contribution in [2.45, 2.75) is 18.5 Å². The van der Waals surface area contributed by atoms with Crippen LogP contribution in [0.25, 0.3) is 38.6 Å². The molecule has 1 unspecified atom stereocenters. The fourth-order valence-electron chi connectivity index (χ4n) is 7.56. The van der Waals surface area contributed by atoms with Gasteiger partial charge in [-0.2, -0.15) is 0 Å². The van der Waals surface area contributed by atoms with E-state index in [1.165, 1.54) is 60.5 Å².